The molecule has 3 rings (SSSR count). The molecule has 2 aromatic carbocycles. The fourth-order valence-electron chi connectivity index (χ4n) is 4.79. The van der Waals surface area contributed by atoms with Crippen LogP contribution in [0.2, 0.25) is 0 Å². The van der Waals surface area contributed by atoms with Gasteiger partial charge in [-0.1, -0.05) is 74.7 Å². The molecule has 196 valence electrons. The summed E-state index contributed by atoms with van der Waals surface area (Å²) >= 11 is 0. The lowest BCUT2D eigenvalue weighted by Gasteiger charge is -2.33. The maximum absolute atomic E-state index is 13.7. The van der Waals surface area contributed by atoms with E-state index in [0.29, 0.717) is 25.1 Å². The van der Waals surface area contributed by atoms with E-state index < -0.39 is 22.0 Å². The Morgan fingerprint density at radius 1 is 1.00 bits per heavy atom. The zero-order valence-electron chi connectivity index (χ0n) is 21.7. The molecule has 1 saturated carbocycles. The van der Waals surface area contributed by atoms with E-state index in [1.54, 1.807) is 19.1 Å². The molecule has 0 aromatic heterocycles. The van der Waals surface area contributed by atoms with E-state index in [-0.39, 0.29) is 18.5 Å². The predicted molar refractivity (Wildman–Crippen MR) is 144 cm³/mol. The topological polar surface area (TPSA) is 86.8 Å². The number of nitrogens with zero attached hydrogens (tertiary/aromatic N) is 2. The van der Waals surface area contributed by atoms with Gasteiger partial charge in [0.05, 0.1) is 11.9 Å². The van der Waals surface area contributed by atoms with Gasteiger partial charge in [-0.3, -0.25) is 13.9 Å². The molecule has 36 heavy (non-hydrogen) atoms. The van der Waals surface area contributed by atoms with E-state index in [0.717, 1.165) is 47.4 Å². The van der Waals surface area contributed by atoms with Crippen molar-refractivity contribution in [1.29, 1.82) is 0 Å². The van der Waals surface area contributed by atoms with Crippen molar-refractivity contribution in [2.24, 2.45) is 0 Å². The van der Waals surface area contributed by atoms with Crippen LogP contribution in [0, 0.1) is 0 Å². The number of carbonyl (C=O) groups is 2. The predicted octanol–water partition coefficient (Wildman–Crippen LogP) is 3.92. The number of hydrogen-bond donors (Lipinski definition) is 1. The zero-order valence-corrected chi connectivity index (χ0v) is 22.5. The maximum atomic E-state index is 13.7. The van der Waals surface area contributed by atoms with Gasteiger partial charge >= 0.3 is 0 Å². The molecule has 0 spiro atoms. The third-order valence-electron chi connectivity index (χ3n) is 6.92. The molecule has 1 aliphatic rings. The number of hydrogen-bond acceptors (Lipinski definition) is 4. The van der Waals surface area contributed by atoms with Crippen LogP contribution in [0.15, 0.2) is 54.6 Å². The van der Waals surface area contributed by atoms with Gasteiger partial charge in [-0.05, 0) is 49.8 Å². The van der Waals surface area contributed by atoms with Crippen molar-refractivity contribution in [1.82, 2.24) is 10.2 Å². The summed E-state index contributed by atoms with van der Waals surface area (Å²) in [5.74, 6) is -0.586. The Balaban J connectivity index is 1.84. The van der Waals surface area contributed by atoms with Crippen LogP contribution in [0.1, 0.15) is 57.1 Å². The smallest absolute Gasteiger partial charge is 0.244 e. The van der Waals surface area contributed by atoms with Gasteiger partial charge in [-0.25, -0.2) is 8.42 Å². The van der Waals surface area contributed by atoms with Gasteiger partial charge in [0.15, 0.2) is 0 Å². The highest BCUT2D eigenvalue weighted by Gasteiger charge is 2.31. The fourth-order valence-corrected chi connectivity index (χ4v) is 5.67. The van der Waals surface area contributed by atoms with Crippen LogP contribution in [-0.4, -0.2) is 56.6 Å². The second-order valence-corrected chi connectivity index (χ2v) is 11.5. The van der Waals surface area contributed by atoms with Crippen molar-refractivity contribution in [2.75, 3.05) is 23.7 Å². The molecule has 0 unspecified atom stereocenters. The van der Waals surface area contributed by atoms with Crippen molar-refractivity contribution in [3.8, 4) is 0 Å². The number of carbonyl (C=O) groups excluding carboxylic acids is 2. The Labute approximate surface area is 215 Å². The minimum absolute atomic E-state index is 0.128. The van der Waals surface area contributed by atoms with Gasteiger partial charge in [-0.15, -0.1) is 0 Å². The molecule has 1 fully saturated rings. The Bertz CT molecular complexity index is 1110. The summed E-state index contributed by atoms with van der Waals surface area (Å²) in [7, 11) is -3.73. The number of para-hydroxylation sites is 1. The highest BCUT2D eigenvalue weighted by Crippen LogP contribution is 2.24. The van der Waals surface area contributed by atoms with Crippen molar-refractivity contribution in [3.63, 3.8) is 0 Å². The minimum Gasteiger partial charge on any atom is -0.352 e. The number of nitrogens with one attached hydrogen (secondary N) is 1. The SMILES string of the molecule is CCc1ccccc1N(CC(=O)N(CCc1ccccc1)[C@H](C)C(=O)NC1CCCCC1)S(C)(=O)=O. The van der Waals surface area contributed by atoms with Crippen LogP contribution >= 0.6 is 0 Å². The lowest BCUT2D eigenvalue weighted by Crippen LogP contribution is -2.53. The van der Waals surface area contributed by atoms with Gasteiger partial charge in [0.2, 0.25) is 21.8 Å². The molecular weight excluding hydrogens is 474 g/mol. The molecule has 1 N–H and O–H groups in total. The highest BCUT2D eigenvalue weighted by atomic mass is 32.2. The van der Waals surface area contributed by atoms with Crippen LogP contribution in [0.25, 0.3) is 0 Å². The molecule has 0 bridgehead atoms. The average Bonchev–Trinajstić information content (AvgIpc) is 2.87. The first-order valence-electron chi connectivity index (χ1n) is 12.9. The quantitative estimate of drug-likeness (QED) is 0.493. The first-order chi connectivity index (χ1) is 17.2. The van der Waals surface area contributed by atoms with Crippen LogP contribution in [0.5, 0.6) is 0 Å². The molecule has 1 atom stereocenters. The third-order valence-corrected chi connectivity index (χ3v) is 8.05. The molecule has 0 saturated heterocycles. The molecule has 0 radical (unpaired) electrons. The maximum Gasteiger partial charge on any atom is 0.244 e. The first-order valence-corrected chi connectivity index (χ1v) is 14.7. The van der Waals surface area contributed by atoms with E-state index in [1.165, 1.54) is 11.3 Å². The number of amides is 2. The van der Waals surface area contributed by atoms with E-state index in [9.17, 15) is 18.0 Å². The number of benzene rings is 2. The third kappa shape index (κ3) is 7.56. The Kier molecular flexibility index (Phi) is 9.93. The number of aryl methyl sites for hydroxylation is 1. The number of anilines is 1. The molecule has 7 nitrogen and oxygen atoms in total. The average molecular weight is 514 g/mol. The number of rotatable bonds is 11. The second-order valence-electron chi connectivity index (χ2n) is 9.59. The Morgan fingerprint density at radius 3 is 2.28 bits per heavy atom. The standard InChI is InChI=1S/C28H39N3O4S/c1-4-24-15-11-12-18-26(24)31(36(3,34)35)21-27(32)30(20-19-23-13-7-5-8-14-23)22(2)28(33)29-25-16-9-6-10-17-25/h5,7-8,11-15,18,22,25H,4,6,9-10,16-17,19-21H2,1-3H3,(H,29,33)/t22-/m1/s1. The summed E-state index contributed by atoms with van der Waals surface area (Å²) in [6.45, 7) is 3.64. The van der Waals surface area contributed by atoms with E-state index in [4.69, 9.17) is 0 Å². The van der Waals surface area contributed by atoms with Gasteiger partial charge in [0, 0.05) is 12.6 Å². The summed E-state index contributed by atoms with van der Waals surface area (Å²) in [4.78, 5) is 28.4. The lowest BCUT2D eigenvalue weighted by atomic mass is 9.95. The summed E-state index contributed by atoms with van der Waals surface area (Å²) in [6, 6.07) is 16.4. The van der Waals surface area contributed by atoms with Crippen LogP contribution < -0.4 is 9.62 Å². The second kappa shape index (κ2) is 12.9. The van der Waals surface area contributed by atoms with E-state index in [2.05, 4.69) is 5.32 Å². The normalized spacial score (nSPS) is 15.2. The van der Waals surface area contributed by atoms with Gasteiger partial charge in [-0.2, -0.15) is 0 Å². The van der Waals surface area contributed by atoms with Crippen molar-refractivity contribution in [2.45, 2.75) is 70.9 Å². The molecule has 0 heterocycles. The summed E-state index contributed by atoms with van der Waals surface area (Å²) in [5, 5.41) is 3.12. The molecule has 0 aliphatic heterocycles. The van der Waals surface area contributed by atoms with E-state index >= 15 is 0 Å². The van der Waals surface area contributed by atoms with Gasteiger partial charge < -0.3 is 10.2 Å². The van der Waals surface area contributed by atoms with Gasteiger partial charge in [0.1, 0.15) is 12.6 Å². The molecule has 8 heteroatoms. The van der Waals surface area contributed by atoms with Crippen molar-refractivity contribution >= 4 is 27.5 Å². The minimum atomic E-state index is -3.73. The Hall–Kier alpha value is -2.87. The zero-order chi connectivity index (χ0) is 26.1. The monoisotopic (exact) mass is 513 g/mol. The fraction of sp³-hybridized carbons (Fsp3) is 0.500. The van der Waals surface area contributed by atoms with Crippen LogP contribution in [-0.2, 0) is 32.5 Å². The van der Waals surface area contributed by atoms with Crippen LogP contribution in [0.3, 0.4) is 0 Å². The van der Waals surface area contributed by atoms with Gasteiger partial charge in [0.25, 0.3) is 0 Å². The highest BCUT2D eigenvalue weighted by molar-refractivity contribution is 7.92. The molecule has 2 aromatic rings. The van der Waals surface area contributed by atoms with Crippen molar-refractivity contribution in [3.05, 3.63) is 65.7 Å². The first kappa shape index (κ1) is 27.7. The Morgan fingerprint density at radius 2 is 1.64 bits per heavy atom. The molecular formula is C28H39N3O4S. The molecule has 2 amide bonds. The number of sulfonamides is 1. The summed E-state index contributed by atoms with van der Waals surface area (Å²) in [6.07, 6.45) is 7.58. The van der Waals surface area contributed by atoms with Crippen molar-refractivity contribution < 1.29 is 18.0 Å². The van der Waals surface area contributed by atoms with Crippen LogP contribution in [0.4, 0.5) is 5.69 Å². The summed E-state index contributed by atoms with van der Waals surface area (Å²) < 4.78 is 26.7. The lowest BCUT2D eigenvalue weighted by molar-refractivity contribution is -0.139. The largest absolute Gasteiger partial charge is 0.352 e. The summed E-state index contributed by atoms with van der Waals surface area (Å²) in [5.41, 5.74) is 2.39. The van der Waals surface area contributed by atoms with E-state index in [1.807, 2.05) is 49.4 Å². The molecule has 1 aliphatic carbocycles.